The Balaban J connectivity index is 2.18. The van der Waals surface area contributed by atoms with Gasteiger partial charge in [0.05, 0.1) is 0 Å². The van der Waals surface area contributed by atoms with Crippen LogP contribution in [-0.4, -0.2) is 46.8 Å². The van der Waals surface area contributed by atoms with Gasteiger partial charge in [0.15, 0.2) is 0 Å². The SMILES string of the molecule is O=C(O)C1CNCCN1Cc1c(O)cccc1Cl. The topological polar surface area (TPSA) is 72.8 Å². The minimum absolute atomic E-state index is 0.102. The Morgan fingerprint density at radius 1 is 1.56 bits per heavy atom. The van der Waals surface area contributed by atoms with Crippen LogP contribution in [0.4, 0.5) is 0 Å². The molecule has 1 aliphatic heterocycles. The summed E-state index contributed by atoms with van der Waals surface area (Å²) in [5.41, 5.74) is 0.576. The number of nitrogens with zero attached hydrogens (tertiary/aromatic N) is 1. The molecule has 0 saturated carbocycles. The quantitative estimate of drug-likeness (QED) is 0.761. The predicted octanol–water partition coefficient (Wildman–Crippen LogP) is 0.904. The number of carbonyl (C=O) groups is 1. The third-order valence-electron chi connectivity index (χ3n) is 3.09. The maximum absolute atomic E-state index is 11.1. The maximum atomic E-state index is 11.1. The Labute approximate surface area is 110 Å². The number of hydrogen-bond donors (Lipinski definition) is 3. The number of nitrogens with one attached hydrogen (secondary N) is 1. The average Bonchev–Trinajstić information content (AvgIpc) is 2.34. The Hall–Kier alpha value is -1.30. The smallest absolute Gasteiger partial charge is 0.322 e. The summed E-state index contributed by atoms with van der Waals surface area (Å²) in [6.45, 7) is 2.08. The molecule has 0 spiro atoms. The van der Waals surface area contributed by atoms with Crippen molar-refractivity contribution in [3.8, 4) is 5.75 Å². The second-order valence-corrected chi connectivity index (χ2v) is 4.67. The zero-order chi connectivity index (χ0) is 13.1. The molecule has 18 heavy (non-hydrogen) atoms. The van der Waals surface area contributed by atoms with E-state index in [2.05, 4.69) is 5.32 Å². The molecule has 1 atom stereocenters. The highest BCUT2D eigenvalue weighted by molar-refractivity contribution is 6.31. The molecule has 1 heterocycles. The first-order valence-corrected chi connectivity index (χ1v) is 6.11. The Bertz CT molecular complexity index is 433. The molecule has 3 N–H and O–H groups in total. The number of carboxylic acids is 1. The average molecular weight is 271 g/mol. The van der Waals surface area contributed by atoms with Crippen LogP contribution >= 0.6 is 11.6 Å². The van der Waals surface area contributed by atoms with Gasteiger partial charge in [-0.15, -0.1) is 0 Å². The number of aromatic hydroxyl groups is 1. The van der Waals surface area contributed by atoms with E-state index in [4.69, 9.17) is 16.7 Å². The highest BCUT2D eigenvalue weighted by Gasteiger charge is 2.29. The number of aliphatic carboxylic acids is 1. The summed E-state index contributed by atoms with van der Waals surface area (Å²) in [5.74, 6) is -0.765. The molecular weight excluding hydrogens is 256 g/mol. The van der Waals surface area contributed by atoms with Crippen molar-refractivity contribution in [2.45, 2.75) is 12.6 Å². The number of hydrogen-bond acceptors (Lipinski definition) is 4. The molecule has 1 aliphatic rings. The van der Waals surface area contributed by atoms with E-state index in [0.717, 1.165) is 6.54 Å². The van der Waals surface area contributed by atoms with Crippen LogP contribution in [0.25, 0.3) is 0 Å². The molecule has 1 saturated heterocycles. The van der Waals surface area contributed by atoms with E-state index < -0.39 is 12.0 Å². The molecule has 1 aromatic carbocycles. The normalized spacial score (nSPS) is 20.8. The van der Waals surface area contributed by atoms with Crippen molar-refractivity contribution < 1.29 is 15.0 Å². The molecule has 6 heteroatoms. The second kappa shape index (κ2) is 5.56. The fourth-order valence-electron chi connectivity index (χ4n) is 2.09. The monoisotopic (exact) mass is 270 g/mol. The number of phenolic OH excluding ortho intramolecular Hbond substituents is 1. The number of benzene rings is 1. The van der Waals surface area contributed by atoms with Crippen molar-refractivity contribution in [1.82, 2.24) is 10.2 Å². The number of phenols is 1. The molecule has 0 bridgehead atoms. The first kappa shape index (κ1) is 13.1. The van der Waals surface area contributed by atoms with Crippen LogP contribution in [0.15, 0.2) is 18.2 Å². The van der Waals surface area contributed by atoms with E-state index in [1.54, 1.807) is 23.1 Å². The van der Waals surface area contributed by atoms with E-state index in [1.807, 2.05) is 0 Å². The molecule has 0 aliphatic carbocycles. The standard InChI is InChI=1S/C12H15ClN2O3/c13-9-2-1-3-11(16)8(9)7-15-5-4-14-6-10(15)12(17)18/h1-3,10,14,16H,4-7H2,(H,17,18). The summed E-state index contributed by atoms with van der Waals surface area (Å²) < 4.78 is 0. The van der Waals surface area contributed by atoms with Crippen molar-refractivity contribution in [2.24, 2.45) is 0 Å². The third-order valence-corrected chi connectivity index (χ3v) is 3.45. The molecule has 2 rings (SSSR count). The summed E-state index contributed by atoms with van der Waals surface area (Å²) in [6, 6.07) is 4.32. The van der Waals surface area contributed by atoms with Crippen LogP contribution in [-0.2, 0) is 11.3 Å². The van der Waals surface area contributed by atoms with Crippen LogP contribution in [0.5, 0.6) is 5.75 Å². The van der Waals surface area contributed by atoms with E-state index in [0.29, 0.717) is 30.2 Å². The van der Waals surface area contributed by atoms with Crippen molar-refractivity contribution in [3.63, 3.8) is 0 Å². The lowest BCUT2D eigenvalue weighted by molar-refractivity contribution is -0.144. The van der Waals surface area contributed by atoms with Crippen molar-refractivity contribution in [1.29, 1.82) is 0 Å². The predicted molar refractivity (Wildman–Crippen MR) is 67.8 cm³/mol. The van der Waals surface area contributed by atoms with Gasteiger partial charge in [-0.25, -0.2) is 0 Å². The fraction of sp³-hybridized carbons (Fsp3) is 0.417. The largest absolute Gasteiger partial charge is 0.508 e. The van der Waals surface area contributed by atoms with Gasteiger partial charge in [0.2, 0.25) is 0 Å². The highest BCUT2D eigenvalue weighted by Crippen LogP contribution is 2.27. The Morgan fingerprint density at radius 3 is 3.00 bits per heavy atom. The number of carboxylic acid groups (broad SMARTS) is 1. The molecule has 0 radical (unpaired) electrons. The van der Waals surface area contributed by atoms with Crippen LogP contribution in [0, 0.1) is 0 Å². The molecule has 1 fully saturated rings. The Kier molecular flexibility index (Phi) is 4.06. The van der Waals surface area contributed by atoms with Crippen molar-refractivity contribution in [3.05, 3.63) is 28.8 Å². The minimum Gasteiger partial charge on any atom is -0.508 e. The molecule has 0 aromatic heterocycles. The van der Waals surface area contributed by atoms with Gasteiger partial charge in [-0.05, 0) is 12.1 Å². The zero-order valence-electron chi connectivity index (χ0n) is 9.77. The maximum Gasteiger partial charge on any atom is 0.322 e. The Morgan fingerprint density at radius 2 is 2.33 bits per heavy atom. The van der Waals surface area contributed by atoms with Crippen molar-refractivity contribution in [2.75, 3.05) is 19.6 Å². The van der Waals surface area contributed by atoms with E-state index >= 15 is 0 Å². The van der Waals surface area contributed by atoms with Crippen LogP contribution in [0.1, 0.15) is 5.56 Å². The summed E-state index contributed by atoms with van der Waals surface area (Å²) >= 11 is 6.03. The van der Waals surface area contributed by atoms with Crippen LogP contribution in [0.2, 0.25) is 5.02 Å². The van der Waals surface area contributed by atoms with Gasteiger partial charge in [0, 0.05) is 36.8 Å². The number of piperazine rings is 1. The summed E-state index contributed by atoms with van der Waals surface area (Å²) in [5, 5.41) is 22.4. The second-order valence-electron chi connectivity index (χ2n) is 4.27. The lowest BCUT2D eigenvalue weighted by Crippen LogP contribution is -2.54. The highest BCUT2D eigenvalue weighted by atomic mass is 35.5. The zero-order valence-corrected chi connectivity index (χ0v) is 10.5. The molecule has 1 unspecified atom stereocenters. The summed E-state index contributed by atoms with van der Waals surface area (Å²) in [6.07, 6.45) is 0. The van der Waals surface area contributed by atoms with E-state index in [9.17, 15) is 9.90 Å². The van der Waals surface area contributed by atoms with Gasteiger partial charge in [0.25, 0.3) is 0 Å². The van der Waals surface area contributed by atoms with Crippen LogP contribution in [0.3, 0.4) is 0 Å². The van der Waals surface area contributed by atoms with Gasteiger partial charge >= 0.3 is 5.97 Å². The molecule has 98 valence electrons. The number of rotatable bonds is 3. The van der Waals surface area contributed by atoms with Gasteiger partial charge in [0.1, 0.15) is 11.8 Å². The first-order valence-electron chi connectivity index (χ1n) is 5.73. The van der Waals surface area contributed by atoms with E-state index in [-0.39, 0.29) is 5.75 Å². The minimum atomic E-state index is -0.867. The van der Waals surface area contributed by atoms with Crippen LogP contribution < -0.4 is 5.32 Å². The van der Waals surface area contributed by atoms with Gasteiger partial charge < -0.3 is 15.5 Å². The van der Waals surface area contributed by atoms with Gasteiger partial charge in [-0.1, -0.05) is 17.7 Å². The number of halogens is 1. The van der Waals surface area contributed by atoms with Gasteiger partial charge in [-0.2, -0.15) is 0 Å². The van der Waals surface area contributed by atoms with Crippen molar-refractivity contribution >= 4 is 17.6 Å². The molecule has 0 amide bonds. The third kappa shape index (κ3) is 2.75. The summed E-state index contributed by atoms with van der Waals surface area (Å²) in [4.78, 5) is 13.0. The van der Waals surface area contributed by atoms with Gasteiger partial charge in [-0.3, -0.25) is 9.69 Å². The van der Waals surface area contributed by atoms with E-state index in [1.165, 1.54) is 0 Å². The lowest BCUT2D eigenvalue weighted by Gasteiger charge is -2.33. The molecular formula is C12H15ClN2O3. The first-order chi connectivity index (χ1) is 8.59. The molecule has 5 nitrogen and oxygen atoms in total. The summed E-state index contributed by atoms with van der Waals surface area (Å²) in [7, 11) is 0. The fourth-order valence-corrected chi connectivity index (χ4v) is 2.32. The molecule has 1 aromatic rings. The lowest BCUT2D eigenvalue weighted by atomic mass is 10.1.